The fourth-order valence-electron chi connectivity index (χ4n) is 4.96. The number of methoxy groups -OCH3 is 1. The van der Waals surface area contributed by atoms with Crippen molar-refractivity contribution in [2.45, 2.75) is 37.3 Å². The Morgan fingerprint density at radius 1 is 1.11 bits per heavy atom. The smallest absolute Gasteiger partial charge is 0.160 e. The van der Waals surface area contributed by atoms with Gasteiger partial charge in [-0.25, -0.2) is 0 Å². The minimum absolute atomic E-state index is 0.227. The Morgan fingerprint density at radius 2 is 1.85 bits per heavy atom. The van der Waals surface area contributed by atoms with Crippen LogP contribution < -0.4 is 4.74 Å². The van der Waals surface area contributed by atoms with Gasteiger partial charge in [-0.3, -0.25) is 9.80 Å². The zero-order valence-electron chi connectivity index (χ0n) is 16.4. The normalized spacial score (nSPS) is 23.0. The molecule has 1 atom stereocenters. The van der Waals surface area contributed by atoms with Gasteiger partial charge < -0.3 is 9.84 Å². The molecule has 2 aromatic carbocycles. The predicted molar refractivity (Wildman–Crippen MR) is 108 cm³/mol. The average molecular weight is 367 g/mol. The molecule has 2 aliphatic rings. The van der Waals surface area contributed by atoms with E-state index in [0.29, 0.717) is 17.2 Å². The van der Waals surface area contributed by atoms with Gasteiger partial charge in [0.25, 0.3) is 0 Å². The van der Waals surface area contributed by atoms with Crippen LogP contribution >= 0.6 is 0 Å². The summed E-state index contributed by atoms with van der Waals surface area (Å²) in [5, 5.41) is 10.0. The lowest BCUT2D eigenvalue weighted by Gasteiger charge is -2.43. The Balaban J connectivity index is 1.38. The van der Waals surface area contributed by atoms with Crippen molar-refractivity contribution < 1.29 is 9.84 Å². The van der Waals surface area contributed by atoms with Crippen LogP contribution in [0.15, 0.2) is 48.5 Å². The van der Waals surface area contributed by atoms with Crippen molar-refractivity contribution in [3.8, 4) is 11.5 Å². The van der Waals surface area contributed by atoms with Crippen LogP contribution in [0.3, 0.4) is 0 Å². The molecule has 2 fully saturated rings. The van der Waals surface area contributed by atoms with Gasteiger partial charge in [0.1, 0.15) is 0 Å². The van der Waals surface area contributed by atoms with E-state index < -0.39 is 0 Å². The average Bonchev–Trinajstić information content (AvgIpc) is 3.01. The van der Waals surface area contributed by atoms with Crippen LogP contribution in [0, 0.1) is 0 Å². The number of piperidine rings is 1. The van der Waals surface area contributed by atoms with E-state index in [4.69, 9.17) is 4.74 Å². The lowest BCUT2D eigenvalue weighted by atomic mass is 9.81. The van der Waals surface area contributed by atoms with E-state index in [0.717, 1.165) is 31.7 Å². The molecular weight excluding hydrogens is 336 g/mol. The fourth-order valence-corrected chi connectivity index (χ4v) is 4.96. The van der Waals surface area contributed by atoms with Crippen LogP contribution in [0.2, 0.25) is 0 Å². The van der Waals surface area contributed by atoms with E-state index in [9.17, 15) is 5.11 Å². The topological polar surface area (TPSA) is 35.9 Å². The van der Waals surface area contributed by atoms with Gasteiger partial charge in [-0.05, 0) is 55.5 Å². The van der Waals surface area contributed by atoms with Gasteiger partial charge in [0.2, 0.25) is 0 Å². The first-order chi connectivity index (χ1) is 13.1. The van der Waals surface area contributed by atoms with Crippen molar-refractivity contribution in [1.82, 2.24) is 9.80 Å². The summed E-state index contributed by atoms with van der Waals surface area (Å²) in [5.41, 5.74) is 2.97. The van der Waals surface area contributed by atoms with E-state index in [1.54, 1.807) is 7.11 Å². The summed E-state index contributed by atoms with van der Waals surface area (Å²) in [6.07, 6.45) is 3.70. The third-order valence-corrected chi connectivity index (χ3v) is 6.64. The monoisotopic (exact) mass is 366 g/mol. The highest BCUT2D eigenvalue weighted by Gasteiger charge is 2.45. The van der Waals surface area contributed by atoms with Crippen LogP contribution in [-0.4, -0.2) is 54.2 Å². The SMILES string of the molecule is COc1ccc(CN2CCC3(CC2)C[C@@H](c2ccccc2)CN3C)cc1O. The van der Waals surface area contributed by atoms with Crippen LogP contribution in [0.5, 0.6) is 11.5 Å². The second-order valence-corrected chi connectivity index (χ2v) is 8.20. The largest absolute Gasteiger partial charge is 0.504 e. The minimum atomic E-state index is 0.227. The first-order valence-electron chi connectivity index (χ1n) is 9.94. The number of phenols is 1. The summed E-state index contributed by atoms with van der Waals surface area (Å²) in [5.74, 6) is 1.42. The second-order valence-electron chi connectivity index (χ2n) is 8.20. The van der Waals surface area contributed by atoms with E-state index in [1.165, 1.54) is 24.8 Å². The number of likely N-dealkylation sites (tertiary alicyclic amines) is 2. The number of benzene rings is 2. The van der Waals surface area contributed by atoms with Gasteiger partial charge in [-0.1, -0.05) is 36.4 Å². The number of hydrogen-bond acceptors (Lipinski definition) is 4. The van der Waals surface area contributed by atoms with Crippen molar-refractivity contribution in [2.24, 2.45) is 0 Å². The summed E-state index contributed by atoms with van der Waals surface area (Å²) in [6, 6.07) is 16.7. The number of nitrogens with zero attached hydrogens (tertiary/aromatic N) is 2. The van der Waals surface area contributed by atoms with E-state index in [2.05, 4.69) is 53.2 Å². The molecule has 4 rings (SSSR count). The molecule has 4 heteroatoms. The summed E-state index contributed by atoms with van der Waals surface area (Å²) in [6.45, 7) is 4.27. The van der Waals surface area contributed by atoms with Gasteiger partial charge in [0.05, 0.1) is 7.11 Å². The molecular formula is C23H30N2O2. The molecule has 0 aromatic heterocycles. The molecule has 0 radical (unpaired) electrons. The van der Waals surface area contributed by atoms with Gasteiger partial charge in [-0.2, -0.15) is 0 Å². The Morgan fingerprint density at radius 3 is 2.52 bits per heavy atom. The van der Waals surface area contributed by atoms with Crippen LogP contribution in [0.25, 0.3) is 0 Å². The van der Waals surface area contributed by atoms with Crippen LogP contribution in [-0.2, 0) is 6.54 Å². The highest BCUT2D eigenvalue weighted by Crippen LogP contribution is 2.44. The number of phenolic OH excluding ortho intramolecular Hbond substituents is 1. The Labute approximate surface area is 162 Å². The molecule has 0 amide bonds. The van der Waals surface area contributed by atoms with Crippen molar-refractivity contribution in [2.75, 3.05) is 33.8 Å². The van der Waals surface area contributed by atoms with Crippen molar-refractivity contribution in [1.29, 1.82) is 0 Å². The lowest BCUT2D eigenvalue weighted by Crippen LogP contribution is -2.50. The molecule has 27 heavy (non-hydrogen) atoms. The maximum Gasteiger partial charge on any atom is 0.160 e. The number of hydrogen-bond donors (Lipinski definition) is 1. The quantitative estimate of drug-likeness (QED) is 0.891. The number of aromatic hydroxyl groups is 1. The number of ether oxygens (including phenoxy) is 1. The fraction of sp³-hybridized carbons (Fsp3) is 0.478. The first kappa shape index (κ1) is 18.3. The summed E-state index contributed by atoms with van der Waals surface area (Å²) >= 11 is 0. The minimum Gasteiger partial charge on any atom is -0.504 e. The Kier molecular flexibility index (Phi) is 5.11. The molecule has 0 aliphatic carbocycles. The maximum absolute atomic E-state index is 10.0. The van der Waals surface area contributed by atoms with E-state index >= 15 is 0 Å². The maximum atomic E-state index is 10.0. The van der Waals surface area contributed by atoms with E-state index in [1.807, 2.05) is 12.1 Å². The second kappa shape index (κ2) is 7.53. The zero-order valence-corrected chi connectivity index (χ0v) is 16.4. The molecule has 0 unspecified atom stereocenters. The predicted octanol–water partition coefficient (Wildman–Crippen LogP) is 3.85. The van der Waals surface area contributed by atoms with Gasteiger partial charge in [0.15, 0.2) is 11.5 Å². The molecule has 4 nitrogen and oxygen atoms in total. The van der Waals surface area contributed by atoms with Crippen molar-refractivity contribution in [3.63, 3.8) is 0 Å². The van der Waals surface area contributed by atoms with Crippen molar-refractivity contribution in [3.05, 3.63) is 59.7 Å². The molecule has 144 valence electrons. The number of rotatable bonds is 4. The molecule has 2 heterocycles. The Bertz CT molecular complexity index is 769. The summed E-state index contributed by atoms with van der Waals surface area (Å²) < 4.78 is 5.14. The molecule has 2 saturated heterocycles. The van der Waals surface area contributed by atoms with Crippen LogP contribution in [0.1, 0.15) is 36.3 Å². The highest BCUT2D eigenvalue weighted by atomic mass is 16.5. The molecule has 1 spiro atoms. The standard InChI is InChI=1S/C23H30N2O2/c1-24-17-20(19-6-4-3-5-7-19)15-23(24)10-12-25(13-11-23)16-18-8-9-22(27-2)21(26)14-18/h3-9,14,20,26H,10-13,15-17H2,1-2H3/t20-/m1/s1. The van der Waals surface area contributed by atoms with Crippen molar-refractivity contribution >= 4 is 0 Å². The molecule has 0 saturated carbocycles. The molecule has 0 bridgehead atoms. The first-order valence-corrected chi connectivity index (χ1v) is 9.94. The third-order valence-electron chi connectivity index (χ3n) is 6.64. The van der Waals surface area contributed by atoms with E-state index in [-0.39, 0.29) is 5.75 Å². The highest BCUT2D eigenvalue weighted by molar-refractivity contribution is 5.41. The zero-order chi connectivity index (χ0) is 18.9. The van der Waals surface area contributed by atoms with Gasteiger partial charge in [-0.15, -0.1) is 0 Å². The Hall–Kier alpha value is -2.04. The third kappa shape index (κ3) is 3.69. The van der Waals surface area contributed by atoms with Crippen LogP contribution in [0.4, 0.5) is 0 Å². The molecule has 2 aromatic rings. The number of likely N-dealkylation sites (N-methyl/N-ethyl adjacent to an activating group) is 1. The lowest BCUT2D eigenvalue weighted by molar-refractivity contribution is 0.0672. The summed E-state index contributed by atoms with van der Waals surface area (Å²) in [7, 11) is 3.89. The van der Waals surface area contributed by atoms with Gasteiger partial charge >= 0.3 is 0 Å². The summed E-state index contributed by atoms with van der Waals surface area (Å²) in [4.78, 5) is 5.12. The van der Waals surface area contributed by atoms with Gasteiger partial charge in [0, 0.05) is 31.7 Å². The molecule has 2 aliphatic heterocycles. The molecule has 1 N–H and O–H groups in total.